The van der Waals surface area contributed by atoms with Crippen molar-refractivity contribution in [3.05, 3.63) is 49.2 Å². The van der Waals surface area contributed by atoms with Crippen molar-refractivity contribution in [2.45, 2.75) is 0 Å². The van der Waals surface area contributed by atoms with Crippen LogP contribution in [0.25, 0.3) is 0 Å². The summed E-state index contributed by atoms with van der Waals surface area (Å²) in [6.07, 6.45) is 3.88. The Kier molecular flexibility index (Phi) is 2.28. The Balaban J connectivity index is 3.28. The summed E-state index contributed by atoms with van der Waals surface area (Å²) in [5, 5.41) is 0. The van der Waals surface area contributed by atoms with E-state index in [9.17, 15) is 9.59 Å². The number of carbonyl (C=O) groups is 2. The maximum absolute atomic E-state index is 11.4. The van der Waals surface area contributed by atoms with Crippen molar-refractivity contribution in [3.63, 3.8) is 0 Å². The first-order chi connectivity index (χ1) is 6.17. The normalized spacial score (nSPS) is 16.5. The molecule has 1 aliphatic rings. The fourth-order valence-corrected chi connectivity index (χ4v) is 1.14. The fraction of sp³-hybridized carbons (Fsp3) is 0. The number of rotatable bonds is 3. The summed E-state index contributed by atoms with van der Waals surface area (Å²) in [6, 6.07) is 0. The molecule has 0 aliphatic carbocycles. The SMILES string of the molecule is C=CC1=C(C=C)C(=O)N(C=C)C1=O. The molecule has 3 nitrogen and oxygen atoms in total. The van der Waals surface area contributed by atoms with Gasteiger partial charge in [0.15, 0.2) is 0 Å². The van der Waals surface area contributed by atoms with Crippen LogP contribution in [0.2, 0.25) is 0 Å². The molecule has 13 heavy (non-hydrogen) atoms. The summed E-state index contributed by atoms with van der Waals surface area (Å²) in [4.78, 5) is 23.7. The lowest BCUT2D eigenvalue weighted by atomic mass is 10.1. The van der Waals surface area contributed by atoms with E-state index in [-0.39, 0.29) is 11.1 Å². The Bertz CT molecular complexity index is 320. The number of hydrogen-bond acceptors (Lipinski definition) is 2. The molecule has 0 radical (unpaired) electrons. The van der Waals surface area contributed by atoms with E-state index >= 15 is 0 Å². The Morgan fingerprint density at radius 1 is 0.923 bits per heavy atom. The lowest BCUT2D eigenvalue weighted by Crippen LogP contribution is -2.25. The van der Waals surface area contributed by atoms with E-state index in [1.165, 1.54) is 18.4 Å². The van der Waals surface area contributed by atoms with Crippen LogP contribution < -0.4 is 0 Å². The third-order valence-corrected chi connectivity index (χ3v) is 1.78. The Hall–Kier alpha value is -1.90. The second-order valence-corrected chi connectivity index (χ2v) is 2.40. The van der Waals surface area contributed by atoms with E-state index in [1.54, 1.807) is 0 Å². The molecule has 0 unspecified atom stereocenters. The minimum atomic E-state index is -0.398. The Morgan fingerprint density at radius 3 is 1.54 bits per heavy atom. The monoisotopic (exact) mass is 175 g/mol. The highest BCUT2D eigenvalue weighted by atomic mass is 16.2. The van der Waals surface area contributed by atoms with Crippen molar-refractivity contribution in [2.75, 3.05) is 0 Å². The van der Waals surface area contributed by atoms with Crippen molar-refractivity contribution in [3.8, 4) is 0 Å². The molecule has 0 N–H and O–H groups in total. The van der Waals surface area contributed by atoms with Gasteiger partial charge in [-0.25, -0.2) is 4.90 Å². The Morgan fingerprint density at radius 2 is 1.31 bits per heavy atom. The zero-order chi connectivity index (χ0) is 10.0. The van der Waals surface area contributed by atoms with Gasteiger partial charge in [0.05, 0.1) is 11.1 Å². The van der Waals surface area contributed by atoms with E-state index in [0.717, 1.165) is 4.90 Å². The molecule has 0 atom stereocenters. The predicted octanol–water partition coefficient (Wildman–Crippen LogP) is 1.17. The van der Waals surface area contributed by atoms with Gasteiger partial charge in [-0.15, -0.1) is 0 Å². The van der Waals surface area contributed by atoms with Gasteiger partial charge in [0.25, 0.3) is 11.8 Å². The molecule has 2 amide bonds. The molecule has 0 saturated carbocycles. The first-order valence-corrected chi connectivity index (χ1v) is 3.67. The highest BCUT2D eigenvalue weighted by molar-refractivity contribution is 6.22. The van der Waals surface area contributed by atoms with Crippen LogP contribution in [-0.2, 0) is 9.59 Å². The van der Waals surface area contributed by atoms with Crippen molar-refractivity contribution in [2.24, 2.45) is 0 Å². The lowest BCUT2D eigenvalue weighted by molar-refractivity contribution is -0.134. The van der Waals surface area contributed by atoms with Gasteiger partial charge in [-0.05, 0) is 0 Å². The quantitative estimate of drug-likeness (QED) is 0.604. The molecule has 0 aromatic heterocycles. The molecule has 0 bridgehead atoms. The summed E-state index contributed by atoms with van der Waals surface area (Å²) in [7, 11) is 0. The number of carbonyl (C=O) groups excluding carboxylic acids is 2. The molecule has 0 aromatic rings. The smallest absolute Gasteiger partial charge is 0.265 e. The van der Waals surface area contributed by atoms with Crippen LogP contribution in [0.5, 0.6) is 0 Å². The molecular weight excluding hydrogens is 166 g/mol. The second-order valence-electron chi connectivity index (χ2n) is 2.40. The lowest BCUT2D eigenvalue weighted by Gasteiger charge is -2.05. The van der Waals surface area contributed by atoms with E-state index < -0.39 is 11.8 Å². The molecule has 0 fully saturated rings. The molecule has 0 saturated heterocycles. The van der Waals surface area contributed by atoms with Crippen LogP contribution in [0, 0.1) is 0 Å². The van der Waals surface area contributed by atoms with Gasteiger partial charge in [-0.3, -0.25) is 9.59 Å². The molecular formula is C10H9NO2. The summed E-state index contributed by atoms with van der Waals surface area (Å²) < 4.78 is 0. The van der Waals surface area contributed by atoms with Gasteiger partial charge in [-0.2, -0.15) is 0 Å². The standard InChI is InChI=1S/C10H9NO2/c1-4-7-8(5-2)10(13)11(6-3)9(7)12/h4-6H,1-3H2. The van der Waals surface area contributed by atoms with Crippen LogP contribution in [0.15, 0.2) is 49.2 Å². The van der Waals surface area contributed by atoms with E-state index in [4.69, 9.17) is 0 Å². The zero-order valence-electron chi connectivity index (χ0n) is 7.12. The van der Waals surface area contributed by atoms with Crippen molar-refractivity contribution < 1.29 is 9.59 Å². The molecule has 0 aromatic carbocycles. The van der Waals surface area contributed by atoms with Crippen molar-refractivity contribution in [1.82, 2.24) is 4.90 Å². The van der Waals surface area contributed by atoms with Gasteiger partial charge in [-0.1, -0.05) is 31.9 Å². The van der Waals surface area contributed by atoms with Gasteiger partial charge in [0.1, 0.15) is 0 Å². The molecule has 66 valence electrons. The predicted molar refractivity (Wildman–Crippen MR) is 49.5 cm³/mol. The third kappa shape index (κ3) is 1.14. The molecule has 1 aliphatic heterocycles. The highest BCUT2D eigenvalue weighted by Gasteiger charge is 2.33. The molecule has 1 rings (SSSR count). The first kappa shape index (κ1) is 9.19. The van der Waals surface area contributed by atoms with Crippen LogP contribution in [0.1, 0.15) is 0 Å². The number of imide groups is 1. The molecule has 1 heterocycles. The van der Waals surface area contributed by atoms with Crippen LogP contribution in [0.4, 0.5) is 0 Å². The maximum Gasteiger partial charge on any atom is 0.265 e. The minimum absolute atomic E-state index is 0.278. The van der Waals surface area contributed by atoms with E-state index in [2.05, 4.69) is 19.7 Å². The summed E-state index contributed by atoms with van der Waals surface area (Å²) in [5.74, 6) is -0.796. The number of amides is 2. The summed E-state index contributed by atoms with van der Waals surface area (Å²) >= 11 is 0. The fourth-order valence-electron chi connectivity index (χ4n) is 1.14. The average molecular weight is 175 g/mol. The van der Waals surface area contributed by atoms with Crippen molar-refractivity contribution >= 4 is 11.8 Å². The van der Waals surface area contributed by atoms with Gasteiger partial charge in [0.2, 0.25) is 0 Å². The van der Waals surface area contributed by atoms with Gasteiger partial charge in [0, 0.05) is 6.20 Å². The summed E-state index contributed by atoms with van der Waals surface area (Å²) in [6.45, 7) is 10.3. The maximum atomic E-state index is 11.4. The van der Waals surface area contributed by atoms with Crippen LogP contribution >= 0.6 is 0 Å². The number of hydrogen-bond donors (Lipinski definition) is 0. The average Bonchev–Trinajstić information content (AvgIpc) is 2.36. The van der Waals surface area contributed by atoms with E-state index in [1.807, 2.05) is 0 Å². The topological polar surface area (TPSA) is 37.4 Å². The van der Waals surface area contributed by atoms with E-state index in [0.29, 0.717) is 0 Å². The zero-order valence-corrected chi connectivity index (χ0v) is 7.12. The molecule has 3 heteroatoms. The Labute approximate surface area is 76.3 Å². The van der Waals surface area contributed by atoms with Gasteiger partial charge < -0.3 is 0 Å². The number of nitrogens with zero attached hydrogens (tertiary/aromatic N) is 1. The third-order valence-electron chi connectivity index (χ3n) is 1.78. The minimum Gasteiger partial charge on any atom is -0.268 e. The van der Waals surface area contributed by atoms with Crippen LogP contribution in [-0.4, -0.2) is 16.7 Å². The summed E-state index contributed by atoms with van der Waals surface area (Å²) in [5.41, 5.74) is 0.555. The second kappa shape index (κ2) is 3.23. The van der Waals surface area contributed by atoms with Gasteiger partial charge >= 0.3 is 0 Å². The molecule has 0 spiro atoms. The van der Waals surface area contributed by atoms with Crippen molar-refractivity contribution in [1.29, 1.82) is 0 Å². The first-order valence-electron chi connectivity index (χ1n) is 3.67. The van der Waals surface area contributed by atoms with Crippen LogP contribution in [0.3, 0.4) is 0 Å². The largest absolute Gasteiger partial charge is 0.268 e. The highest BCUT2D eigenvalue weighted by Crippen LogP contribution is 2.21.